The Bertz CT molecular complexity index is 396. The van der Waals surface area contributed by atoms with E-state index in [1.807, 2.05) is 19.1 Å². The normalized spacial score (nSPS) is 11.2. The van der Waals surface area contributed by atoms with Crippen LogP contribution < -0.4 is 15.4 Å². The quantitative estimate of drug-likeness (QED) is 0.437. The predicted octanol–water partition coefficient (Wildman–Crippen LogP) is 1.92. The van der Waals surface area contributed by atoms with E-state index in [1.54, 1.807) is 19.2 Å². The number of halogens is 1. The fourth-order valence-corrected chi connectivity index (χ4v) is 1.59. The van der Waals surface area contributed by atoms with Crippen molar-refractivity contribution >= 4 is 17.6 Å². The van der Waals surface area contributed by atoms with Crippen molar-refractivity contribution in [1.82, 2.24) is 10.6 Å². The minimum absolute atomic E-state index is 0.552. The molecule has 6 heteroatoms. The van der Waals surface area contributed by atoms with Crippen LogP contribution >= 0.6 is 11.6 Å². The number of rotatable bonds is 8. The first-order chi connectivity index (χ1) is 9.76. The molecule has 20 heavy (non-hydrogen) atoms. The van der Waals surface area contributed by atoms with Gasteiger partial charge in [-0.3, -0.25) is 4.99 Å². The fraction of sp³-hybridized carbons (Fsp3) is 0.500. The minimum Gasteiger partial charge on any atom is -0.492 e. The van der Waals surface area contributed by atoms with Gasteiger partial charge < -0.3 is 20.1 Å². The maximum atomic E-state index is 5.81. The summed E-state index contributed by atoms with van der Waals surface area (Å²) in [5.74, 6) is 1.57. The first kappa shape index (κ1) is 16.6. The Labute approximate surface area is 125 Å². The van der Waals surface area contributed by atoms with Crippen molar-refractivity contribution in [3.8, 4) is 5.75 Å². The van der Waals surface area contributed by atoms with E-state index >= 15 is 0 Å². The SMILES string of the molecule is CCNC(=NCCOC)NCCOc1ccc(Cl)cc1. The molecule has 0 saturated heterocycles. The third kappa shape index (κ3) is 7.21. The molecule has 5 nitrogen and oxygen atoms in total. The van der Waals surface area contributed by atoms with Gasteiger partial charge in [0.1, 0.15) is 12.4 Å². The number of aliphatic imine (C=N–C) groups is 1. The van der Waals surface area contributed by atoms with E-state index in [0.717, 1.165) is 18.3 Å². The van der Waals surface area contributed by atoms with E-state index in [1.165, 1.54) is 0 Å². The number of nitrogens with zero attached hydrogens (tertiary/aromatic N) is 1. The van der Waals surface area contributed by atoms with E-state index in [0.29, 0.717) is 31.3 Å². The van der Waals surface area contributed by atoms with Crippen molar-refractivity contribution in [2.75, 3.05) is 40.0 Å². The highest BCUT2D eigenvalue weighted by molar-refractivity contribution is 6.30. The zero-order valence-electron chi connectivity index (χ0n) is 12.0. The maximum absolute atomic E-state index is 5.81. The summed E-state index contributed by atoms with van der Waals surface area (Å²) in [5.41, 5.74) is 0. The standard InChI is InChI=1S/C14H22ClN3O2/c1-3-16-14(17-8-10-19-2)18-9-11-20-13-6-4-12(15)5-7-13/h4-7H,3,8-11H2,1-2H3,(H2,16,17,18). The Hall–Kier alpha value is -1.46. The van der Waals surface area contributed by atoms with Gasteiger partial charge in [-0.1, -0.05) is 11.6 Å². The third-order valence-corrected chi connectivity index (χ3v) is 2.64. The second-order valence-corrected chi connectivity index (χ2v) is 4.42. The highest BCUT2D eigenvalue weighted by Gasteiger charge is 1.97. The molecular formula is C14H22ClN3O2. The topological polar surface area (TPSA) is 54.9 Å². The lowest BCUT2D eigenvalue weighted by Gasteiger charge is -2.12. The van der Waals surface area contributed by atoms with E-state index in [4.69, 9.17) is 21.1 Å². The second kappa shape index (κ2) is 10.3. The summed E-state index contributed by atoms with van der Waals surface area (Å²) in [6.45, 7) is 5.30. The highest BCUT2D eigenvalue weighted by Crippen LogP contribution is 2.14. The van der Waals surface area contributed by atoms with Crippen molar-refractivity contribution in [3.63, 3.8) is 0 Å². The Morgan fingerprint density at radius 3 is 2.60 bits per heavy atom. The van der Waals surface area contributed by atoms with Crippen LogP contribution in [0.4, 0.5) is 0 Å². The van der Waals surface area contributed by atoms with Crippen LogP contribution in [0.2, 0.25) is 5.02 Å². The first-order valence-electron chi connectivity index (χ1n) is 6.65. The Morgan fingerprint density at radius 2 is 1.95 bits per heavy atom. The number of benzene rings is 1. The zero-order valence-corrected chi connectivity index (χ0v) is 12.7. The van der Waals surface area contributed by atoms with Gasteiger partial charge in [0.05, 0.1) is 19.7 Å². The summed E-state index contributed by atoms with van der Waals surface area (Å²) in [5, 5.41) is 7.06. The Kier molecular flexibility index (Phi) is 8.58. The molecule has 0 spiro atoms. The van der Waals surface area contributed by atoms with Crippen molar-refractivity contribution in [1.29, 1.82) is 0 Å². The lowest BCUT2D eigenvalue weighted by molar-refractivity contribution is 0.208. The van der Waals surface area contributed by atoms with E-state index in [9.17, 15) is 0 Å². The van der Waals surface area contributed by atoms with Gasteiger partial charge in [0.15, 0.2) is 5.96 Å². The summed E-state index contributed by atoms with van der Waals surface area (Å²) in [4.78, 5) is 4.36. The molecule has 112 valence electrons. The predicted molar refractivity (Wildman–Crippen MR) is 82.8 cm³/mol. The molecule has 1 rings (SSSR count). The molecule has 0 aromatic heterocycles. The molecule has 1 aromatic carbocycles. The van der Waals surface area contributed by atoms with Gasteiger partial charge in [0.2, 0.25) is 0 Å². The van der Waals surface area contributed by atoms with Crippen molar-refractivity contribution in [2.24, 2.45) is 4.99 Å². The van der Waals surface area contributed by atoms with Crippen molar-refractivity contribution < 1.29 is 9.47 Å². The van der Waals surface area contributed by atoms with Gasteiger partial charge in [-0.05, 0) is 31.2 Å². The van der Waals surface area contributed by atoms with Gasteiger partial charge in [-0.25, -0.2) is 0 Å². The van der Waals surface area contributed by atoms with Crippen molar-refractivity contribution in [3.05, 3.63) is 29.3 Å². The summed E-state index contributed by atoms with van der Waals surface area (Å²) in [6.07, 6.45) is 0. The average Bonchev–Trinajstić information content (AvgIpc) is 2.45. The lowest BCUT2D eigenvalue weighted by Crippen LogP contribution is -2.39. The number of ether oxygens (including phenoxy) is 2. The van der Waals surface area contributed by atoms with Gasteiger partial charge >= 0.3 is 0 Å². The third-order valence-electron chi connectivity index (χ3n) is 2.39. The van der Waals surface area contributed by atoms with Gasteiger partial charge in [-0.2, -0.15) is 0 Å². The molecule has 0 aliphatic rings. The number of hydrogen-bond donors (Lipinski definition) is 2. The summed E-state index contributed by atoms with van der Waals surface area (Å²) < 4.78 is 10.6. The van der Waals surface area contributed by atoms with Crippen LogP contribution in [-0.2, 0) is 4.74 Å². The second-order valence-electron chi connectivity index (χ2n) is 3.98. The molecule has 0 radical (unpaired) electrons. The maximum Gasteiger partial charge on any atom is 0.191 e. The number of methoxy groups -OCH3 is 1. The monoisotopic (exact) mass is 299 g/mol. The molecule has 0 unspecified atom stereocenters. The van der Waals surface area contributed by atoms with Gasteiger partial charge in [0.25, 0.3) is 0 Å². The number of nitrogens with one attached hydrogen (secondary N) is 2. The minimum atomic E-state index is 0.552. The van der Waals surface area contributed by atoms with Crippen LogP contribution in [0.25, 0.3) is 0 Å². The average molecular weight is 300 g/mol. The van der Waals surface area contributed by atoms with Crippen LogP contribution in [0.15, 0.2) is 29.3 Å². The van der Waals surface area contributed by atoms with Crippen LogP contribution in [0, 0.1) is 0 Å². The van der Waals surface area contributed by atoms with Crippen LogP contribution in [-0.4, -0.2) is 45.9 Å². The molecule has 2 N–H and O–H groups in total. The Morgan fingerprint density at radius 1 is 1.20 bits per heavy atom. The number of guanidine groups is 1. The van der Waals surface area contributed by atoms with Gasteiger partial charge in [0, 0.05) is 18.7 Å². The van der Waals surface area contributed by atoms with E-state index in [-0.39, 0.29) is 0 Å². The van der Waals surface area contributed by atoms with Crippen molar-refractivity contribution in [2.45, 2.75) is 6.92 Å². The highest BCUT2D eigenvalue weighted by atomic mass is 35.5. The molecule has 0 aliphatic carbocycles. The smallest absolute Gasteiger partial charge is 0.191 e. The molecule has 0 atom stereocenters. The molecule has 0 aliphatic heterocycles. The van der Waals surface area contributed by atoms with Crippen LogP contribution in [0.3, 0.4) is 0 Å². The zero-order chi connectivity index (χ0) is 14.6. The van der Waals surface area contributed by atoms with E-state index in [2.05, 4.69) is 15.6 Å². The summed E-state index contributed by atoms with van der Waals surface area (Å²) >= 11 is 5.81. The van der Waals surface area contributed by atoms with Gasteiger partial charge in [-0.15, -0.1) is 0 Å². The lowest BCUT2D eigenvalue weighted by atomic mass is 10.3. The Balaban J connectivity index is 2.25. The molecule has 0 heterocycles. The molecule has 0 saturated carbocycles. The molecule has 0 amide bonds. The molecule has 1 aromatic rings. The largest absolute Gasteiger partial charge is 0.492 e. The molecule has 0 fully saturated rings. The van der Waals surface area contributed by atoms with Crippen LogP contribution in [0.5, 0.6) is 5.75 Å². The van der Waals surface area contributed by atoms with E-state index < -0.39 is 0 Å². The van der Waals surface area contributed by atoms with Crippen LogP contribution in [0.1, 0.15) is 6.92 Å². The summed E-state index contributed by atoms with van der Waals surface area (Å²) in [7, 11) is 1.66. The summed E-state index contributed by atoms with van der Waals surface area (Å²) in [6, 6.07) is 7.31. The first-order valence-corrected chi connectivity index (χ1v) is 7.03. The fourth-order valence-electron chi connectivity index (χ4n) is 1.46. The molecule has 0 bridgehead atoms. The number of hydrogen-bond acceptors (Lipinski definition) is 3. The molecular weight excluding hydrogens is 278 g/mol.